The molecule has 1 N–H and O–H groups in total. The number of hydrogen-bond acceptors (Lipinski definition) is 6. The average molecular weight is 497 g/mol. The van der Waals surface area contributed by atoms with Crippen LogP contribution in [-0.2, 0) is 11.2 Å². The zero-order chi connectivity index (χ0) is 23.7. The van der Waals surface area contributed by atoms with E-state index in [1.165, 1.54) is 11.3 Å². The molecule has 1 atom stereocenters. The van der Waals surface area contributed by atoms with Crippen LogP contribution in [0.25, 0.3) is 0 Å². The number of nitrogens with zero attached hydrogens (tertiary/aromatic N) is 3. The fraction of sp³-hybridized carbons (Fsp3) is 0.320. The van der Waals surface area contributed by atoms with Crippen LogP contribution in [0.1, 0.15) is 33.3 Å². The Hall–Kier alpha value is -3.10. The summed E-state index contributed by atoms with van der Waals surface area (Å²) in [6.45, 7) is 2.94. The van der Waals surface area contributed by atoms with Crippen molar-refractivity contribution >= 4 is 45.6 Å². The van der Waals surface area contributed by atoms with Gasteiger partial charge in [-0.2, -0.15) is 0 Å². The molecule has 1 aliphatic heterocycles. The summed E-state index contributed by atoms with van der Waals surface area (Å²) in [5, 5.41) is 3.98. The first-order valence-corrected chi connectivity index (χ1v) is 12.5. The topological polar surface area (TPSA) is 74.8 Å². The highest BCUT2D eigenvalue weighted by molar-refractivity contribution is 7.16. The number of fused-ring (bicyclic) bond motifs is 1. The van der Waals surface area contributed by atoms with E-state index in [9.17, 15) is 9.59 Å². The molecule has 0 bridgehead atoms. The molecular weight excluding hydrogens is 472 g/mol. The van der Waals surface area contributed by atoms with E-state index in [4.69, 9.17) is 16.3 Å². The predicted octanol–water partition coefficient (Wildman–Crippen LogP) is 4.44. The van der Waals surface area contributed by atoms with Crippen molar-refractivity contribution in [2.24, 2.45) is 0 Å². The van der Waals surface area contributed by atoms with Gasteiger partial charge in [0.1, 0.15) is 5.75 Å². The molecular formula is C25H25ClN4O3S. The number of aromatic nitrogens is 1. The highest BCUT2D eigenvalue weighted by Gasteiger charge is 2.36. The van der Waals surface area contributed by atoms with Gasteiger partial charge in [0.25, 0.3) is 5.91 Å². The molecule has 0 saturated carbocycles. The summed E-state index contributed by atoms with van der Waals surface area (Å²) in [4.78, 5) is 35.8. The highest BCUT2D eigenvalue weighted by Crippen LogP contribution is 2.39. The van der Waals surface area contributed by atoms with E-state index in [1.54, 1.807) is 31.4 Å². The average Bonchev–Trinajstić information content (AvgIpc) is 3.44. The van der Waals surface area contributed by atoms with Crippen LogP contribution in [0.5, 0.6) is 5.75 Å². The van der Waals surface area contributed by atoms with Gasteiger partial charge in [-0.25, -0.2) is 4.98 Å². The van der Waals surface area contributed by atoms with Gasteiger partial charge in [-0.05, 0) is 61.4 Å². The van der Waals surface area contributed by atoms with Crippen molar-refractivity contribution in [3.05, 3.63) is 69.7 Å². The van der Waals surface area contributed by atoms with Gasteiger partial charge in [-0.15, -0.1) is 11.3 Å². The van der Waals surface area contributed by atoms with Crippen LogP contribution in [0.3, 0.4) is 0 Å². The number of rotatable bonds is 5. The Bertz CT molecular complexity index is 1190. The third kappa shape index (κ3) is 4.60. The molecule has 176 valence electrons. The normalized spacial score (nSPS) is 17.4. The Morgan fingerprint density at radius 2 is 1.76 bits per heavy atom. The number of ether oxygens (including phenoxy) is 1. The quantitative estimate of drug-likeness (QED) is 0.565. The molecule has 34 heavy (non-hydrogen) atoms. The molecule has 7 nitrogen and oxygen atoms in total. The van der Waals surface area contributed by atoms with Crippen molar-refractivity contribution < 1.29 is 14.3 Å². The summed E-state index contributed by atoms with van der Waals surface area (Å²) >= 11 is 7.36. The van der Waals surface area contributed by atoms with Crippen LogP contribution in [0.2, 0.25) is 5.02 Å². The van der Waals surface area contributed by atoms with E-state index >= 15 is 0 Å². The molecule has 0 radical (unpaired) electrons. The molecule has 2 amide bonds. The molecule has 3 aromatic rings. The van der Waals surface area contributed by atoms with Crippen LogP contribution < -0.4 is 15.0 Å². The lowest BCUT2D eigenvalue weighted by Gasteiger charge is -2.37. The maximum absolute atomic E-state index is 13.3. The summed E-state index contributed by atoms with van der Waals surface area (Å²) in [5.41, 5.74) is 2.47. The fourth-order valence-corrected chi connectivity index (χ4v) is 5.65. The van der Waals surface area contributed by atoms with Gasteiger partial charge in [0.2, 0.25) is 5.91 Å². The molecule has 2 aliphatic rings. The van der Waals surface area contributed by atoms with Crippen molar-refractivity contribution in [2.45, 2.75) is 18.8 Å². The fourth-order valence-electron chi connectivity index (χ4n) is 4.49. The second-order valence-electron chi connectivity index (χ2n) is 8.39. The number of aryl methyl sites for hydroxylation is 1. The Balaban J connectivity index is 1.21. The maximum atomic E-state index is 13.3. The van der Waals surface area contributed by atoms with E-state index in [0.29, 0.717) is 28.8 Å². The minimum atomic E-state index is -0.236. The molecule has 9 heteroatoms. The number of nitrogens with one attached hydrogen (secondary N) is 1. The zero-order valence-corrected chi connectivity index (χ0v) is 20.4. The van der Waals surface area contributed by atoms with E-state index in [0.717, 1.165) is 47.9 Å². The van der Waals surface area contributed by atoms with Crippen LogP contribution in [0, 0.1) is 0 Å². The first-order chi connectivity index (χ1) is 16.5. The molecule has 1 aliphatic carbocycles. The number of carbonyl (C=O) groups excluding carboxylic acids is 2. The van der Waals surface area contributed by atoms with Gasteiger partial charge in [0, 0.05) is 47.3 Å². The van der Waals surface area contributed by atoms with E-state index in [2.05, 4.69) is 27.3 Å². The monoisotopic (exact) mass is 496 g/mol. The number of piperazine rings is 1. The number of hydrogen-bond donors (Lipinski definition) is 1. The summed E-state index contributed by atoms with van der Waals surface area (Å²) in [7, 11) is 1.66. The Kier molecular flexibility index (Phi) is 6.43. The maximum Gasteiger partial charge on any atom is 0.257 e. The summed E-state index contributed by atoms with van der Waals surface area (Å²) in [6, 6.07) is 14.7. The lowest BCUT2D eigenvalue weighted by Crippen LogP contribution is -2.50. The highest BCUT2D eigenvalue weighted by atomic mass is 35.5. The van der Waals surface area contributed by atoms with Gasteiger partial charge in [-0.1, -0.05) is 11.6 Å². The van der Waals surface area contributed by atoms with Crippen LogP contribution >= 0.6 is 22.9 Å². The Morgan fingerprint density at radius 1 is 1.06 bits per heavy atom. The predicted molar refractivity (Wildman–Crippen MR) is 134 cm³/mol. The van der Waals surface area contributed by atoms with Crippen LogP contribution in [0.4, 0.5) is 10.8 Å². The third-order valence-corrected chi connectivity index (χ3v) is 7.67. The summed E-state index contributed by atoms with van der Waals surface area (Å²) in [6.07, 6.45) is 1.59. The second kappa shape index (κ2) is 9.64. The second-order valence-corrected chi connectivity index (χ2v) is 9.91. The molecule has 1 saturated heterocycles. The molecule has 1 fully saturated rings. The molecule has 5 rings (SSSR count). The number of benzene rings is 2. The molecule has 1 unspecified atom stereocenters. The Labute approximate surface area is 207 Å². The standard InChI is InChI=1S/C25H25ClN4O3S/c1-33-19-8-6-18(7-9-19)29-12-14-30(15-13-29)24(32)20-10-11-21-22(20)27-25(34-21)28-23(31)16-2-4-17(26)5-3-16/h2-9,20H,10-15H2,1H3,(H,27,28,31). The molecule has 1 aromatic heterocycles. The number of thiazole rings is 1. The van der Waals surface area contributed by atoms with Crippen LogP contribution in [-0.4, -0.2) is 55.0 Å². The lowest BCUT2D eigenvalue weighted by atomic mass is 10.1. The van der Waals surface area contributed by atoms with Crippen molar-refractivity contribution in [1.29, 1.82) is 0 Å². The number of carbonyl (C=O) groups is 2. The van der Waals surface area contributed by atoms with Crippen molar-refractivity contribution in [3.63, 3.8) is 0 Å². The van der Waals surface area contributed by atoms with Crippen molar-refractivity contribution in [1.82, 2.24) is 9.88 Å². The first-order valence-electron chi connectivity index (χ1n) is 11.3. The van der Waals surface area contributed by atoms with Crippen molar-refractivity contribution in [2.75, 3.05) is 43.5 Å². The number of anilines is 2. The smallest absolute Gasteiger partial charge is 0.257 e. The summed E-state index contributed by atoms with van der Waals surface area (Å²) in [5.74, 6) is 0.497. The number of halogens is 1. The van der Waals surface area contributed by atoms with E-state index in [-0.39, 0.29) is 17.7 Å². The molecule has 0 spiro atoms. The molecule has 2 aromatic carbocycles. The van der Waals surface area contributed by atoms with Gasteiger partial charge in [0.05, 0.1) is 18.7 Å². The molecule has 2 heterocycles. The van der Waals surface area contributed by atoms with E-state index in [1.807, 2.05) is 17.0 Å². The third-order valence-electron chi connectivity index (χ3n) is 6.37. The Morgan fingerprint density at radius 3 is 2.44 bits per heavy atom. The van der Waals surface area contributed by atoms with E-state index < -0.39 is 0 Å². The minimum Gasteiger partial charge on any atom is -0.497 e. The van der Waals surface area contributed by atoms with Crippen molar-refractivity contribution in [3.8, 4) is 5.75 Å². The lowest BCUT2D eigenvalue weighted by molar-refractivity contribution is -0.133. The first kappa shape index (κ1) is 22.7. The van der Waals surface area contributed by atoms with Gasteiger partial charge < -0.3 is 14.5 Å². The number of methoxy groups -OCH3 is 1. The zero-order valence-electron chi connectivity index (χ0n) is 18.8. The number of amides is 2. The van der Waals surface area contributed by atoms with Gasteiger partial charge in [-0.3, -0.25) is 14.9 Å². The van der Waals surface area contributed by atoms with Gasteiger partial charge >= 0.3 is 0 Å². The largest absolute Gasteiger partial charge is 0.497 e. The van der Waals surface area contributed by atoms with Crippen LogP contribution in [0.15, 0.2) is 48.5 Å². The van der Waals surface area contributed by atoms with Gasteiger partial charge in [0.15, 0.2) is 5.13 Å². The minimum absolute atomic E-state index is 0.133. The summed E-state index contributed by atoms with van der Waals surface area (Å²) < 4.78 is 5.24. The SMILES string of the molecule is COc1ccc(N2CCN(C(=O)C3CCc4sc(NC(=O)c5ccc(Cl)cc5)nc43)CC2)cc1.